The Morgan fingerprint density at radius 2 is 1.35 bits per heavy atom. The van der Waals surface area contributed by atoms with E-state index in [1.54, 1.807) is 0 Å². The van der Waals surface area contributed by atoms with E-state index in [4.69, 9.17) is 4.74 Å². The number of ketones is 1. The minimum atomic E-state index is -0.400. The van der Waals surface area contributed by atoms with Crippen molar-refractivity contribution in [2.75, 3.05) is 26.2 Å². The lowest BCUT2D eigenvalue weighted by Crippen LogP contribution is -2.30. The summed E-state index contributed by atoms with van der Waals surface area (Å²) in [6.07, 6.45) is 5.29. The molecule has 3 nitrogen and oxygen atoms in total. The van der Waals surface area contributed by atoms with Crippen LogP contribution in [0.3, 0.4) is 0 Å². The number of unbranched alkanes of at least 4 members (excludes halogenated alkanes) is 2. The van der Waals surface area contributed by atoms with Crippen molar-refractivity contribution < 1.29 is 9.53 Å². The van der Waals surface area contributed by atoms with Crippen LogP contribution in [-0.2, 0) is 5.41 Å². The molecule has 0 N–H and O–H groups in total. The summed E-state index contributed by atoms with van der Waals surface area (Å²) < 4.78 is 6.15. The van der Waals surface area contributed by atoms with Crippen LogP contribution in [0, 0.1) is 6.92 Å². The highest BCUT2D eigenvalue weighted by atomic mass is 35.5. The van der Waals surface area contributed by atoms with Crippen molar-refractivity contribution in [2.24, 2.45) is 0 Å². The van der Waals surface area contributed by atoms with Gasteiger partial charge in [0.1, 0.15) is 12.4 Å². The topological polar surface area (TPSA) is 29.5 Å². The number of nitrogens with zero attached hydrogens (tertiary/aromatic N) is 1. The van der Waals surface area contributed by atoms with Gasteiger partial charge in [-0.15, -0.1) is 12.4 Å². The fourth-order valence-electron chi connectivity index (χ4n) is 4.77. The molecular formula is C33H44ClNO2. The Morgan fingerprint density at radius 1 is 0.811 bits per heavy atom. The molecular weight excluding hydrogens is 478 g/mol. The lowest BCUT2D eigenvalue weighted by Gasteiger charge is -2.30. The summed E-state index contributed by atoms with van der Waals surface area (Å²) in [6, 6.07) is 26.6. The molecule has 0 bridgehead atoms. The smallest absolute Gasteiger partial charge is 0.164 e. The lowest BCUT2D eigenvalue weighted by molar-refractivity contribution is 0.0962. The van der Waals surface area contributed by atoms with Crippen molar-refractivity contribution in [2.45, 2.75) is 65.2 Å². The minimum absolute atomic E-state index is 0. The molecule has 0 spiro atoms. The first kappa shape index (κ1) is 30.6. The van der Waals surface area contributed by atoms with Crippen LogP contribution in [0.4, 0.5) is 0 Å². The van der Waals surface area contributed by atoms with E-state index in [-0.39, 0.29) is 18.2 Å². The van der Waals surface area contributed by atoms with Crippen LogP contribution in [0.15, 0.2) is 78.9 Å². The second kappa shape index (κ2) is 15.6. The van der Waals surface area contributed by atoms with Gasteiger partial charge in [-0.1, -0.05) is 94.3 Å². The maximum absolute atomic E-state index is 13.5. The van der Waals surface area contributed by atoms with E-state index in [0.717, 1.165) is 47.6 Å². The molecule has 0 saturated carbocycles. The summed E-state index contributed by atoms with van der Waals surface area (Å²) in [5, 5.41) is 0. The lowest BCUT2D eigenvalue weighted by atomic mass is 9.72. The molecule has 0 amide bonds. The zero-order valence-electron chi connectivity index (χ0n) is 23.0. The van der Waals surface area contributed by atoms with E-state index >= 15 is 0 Å². The van der Waals surface area contributed by atoms with Crippen molar-refractivity contribution in [3.8, 4) is 5.75 Å². The van der Waals surface area contributed by atoms with Gasteiger partial charge in [0.2, 0.25) is 0 Å². The van der Waals surface area contributed by atoms with Gasteiger partial charge < -0.3 is 4.74 Å². The maximum atomic E-state index is 13.5. The second-order valence-electron chi connectivity index (χ2n) is 10.0. The largest absolute Gasteiger partial charge is 0.492 e. The molecule has 4 heteroatoms. The predicted molar refractivity (Wildman–Crippen MR) is 158 cm³/mol. The quantitative estimate of drug-likeness (QED) is 0.188. The number of Topliss-reactive ketones (excluding diaryl/α,β-unsaturated/α-hetero) is 1. The average molecular weight is 522 g/mol. The van der Waals surface area contributed by atoms with Crippen molar-refractivity contribution in [3.05, 3.63) is 101 Å². The van der Waals surface area contributed by atoms with E-state index in [2.05, 4.69) is 49.9 Å². The van der Waals surface area contributed by atoms with Crippen molar-refractivity contribution in [3.63, 3.8) is 0 Å². The molecule has 3 aromatic rings. The Morgan fingerprint density at radius 3 is 1.84 bits per heavy atom. The fraction of sp³-hybridized carbons (Fsp3) is 0.424. The predicted octanol–water partition coefficient (Wildman–Crippen LogP) is 8.28. The number of hydrogen-bond acceptors (Lipinski definition) is 3. The SMILES string of the molecule is CCCCN(CCCC)CCOc1ccc(C(=O)CC(C)(c2ccccc2)c2ccccc2)cc1C.Cl. The highest BCUT2D eigenvalue weighted by Gasteiger charge is 2.32. The van der Waals surface area contributed by atoms with Gasteiger partial charge in [0.05, 0.1) is 0 Å². The summed E-state index contributed by atoms with van der Waals surface area (Å²) in [7, 11) is 0. The number of carbonyl (C=O) groups is 1. The average Bonchev–Trinajstić information content (AvgIpc) is 2.91. The first-order valence-electron chi connectivity index (χ1n) is 13.6. The molecule has 0 atom stereocenters. The van der Waals surface area contributed by atoms with Gasteiger partial charge in [-0.3, -0.25) is 9.69 Å². The Labute approximate surface area is 230 Å². The third-order valence-corrected chi connectivity index (χ3v) is 7.15. The van der Waals surface area contributed by atoms with Crippen LogP contribution in [0.25, 0.3) is 0 Å². The summed E-state index contributed by atoms with van der Waals surface area (Å²) in [5.74, 6) is 1.01. The number of halogens is 1. The van der Waals surface area contributed by atoms with Gasteiger partial charge in [0.25, 0.3) is 0 Å². The zero-order chi connectivity index (χ0) is 25.8. The Bertz CT molecular complexity index is 1020. The van der Waals surface area contributed by atoms with Crippen LogP contribution in [0.1, 0.15) is 79.9 Å². The van der Waals surface area contributed by atoms with E-state index < -0.39 is 5.41 Å². The Kier molecular flexibility index (Phi) is 12.9. The van der Waals surface area contributed by atoms with Gasteiger partial charge in [0.15, 0.2) is 5.78 Å². The molecule has 3 rings (SSSR count). The maximum Gasteiger partial charge on any atom is 0.164 e. The summed E-state index contributed by atoms with van der Waals surface area (Å²) >= 11 is 0. The van der Waals surface area contributed by atoms with Crippen LogP contribution >= 0.6 is 12.4 Å². The van der Waals surface area contributed by atoms with E-state index in [0.29, 0.717) is 13.0 Å². The molecule has 0 fully saturated rings. The highest BCUT2D eigenvalue weighted by Crippen LogP contribution is 2.36. The van der Waals surface area contributed by atoms with Crippen molar-refractivity contribution in [1.29, 1.82) is 0 Å². The summed E-state index contributed by atoms with van der Waals surface area (Å²) in [5.41, 5.74) is 3.65. The summed E-state index contributed by atoms with van der Waals surface area (Å²) in [6.45, 7) is 12.6. The molecule has 0 aromatic heterocycles. The minimum Gasteiger partial charge on any atom is -0.492 e. The molecule has 0 aliphatic carbocycles. The van der Waals surface area contributed by atoms with Gasteiger partial charge in [-0.25, -0.2) is 0 Å². The molecule has 200 valence electrons. The van der Waals surface area contributed by atoms with Crippen molar-refractivity contribution >= 4 is 18.2 Å². The second-order valence-corrected chi connectivity index (χ2v) is 10.0. The van der Waals surface area contributed by atoms with Gasteiger partial charge in [0, 0.05) is 23.9 Å². The molecule has 37 heavy (non-hydrogen) atoms. The normalized spacial score (nSPS) is 11.3. The molecule has 0 unspecified atom stereocenters. The Hall–Kier alpha value is -2.62. The first-order chi connectivity index (χ1) is 17.5. The molecule has 0 heterocycles. The van der Waals surface area contributed by atoms with Crippen LogP contribution in [-0.4, -0.2) is 36.9 Å². The number of rotatable bonds is 15. The van der Waals surface area contributed by atoms with E-state index in [9.17, 15) is 4.79 Å². The zero-order valence-corrected chi connectivity index (χ0v) is 23.9. The third-order valence-electron chi connectivity index (χ3n) is 7.15. The molecule has 0 saturated heterocycles. The third kappa shape index (κ3) is 8.72. The number of benzene rings is 3. The van der Waals surface area contributed by atoms with E-state index in [1.807, 2.05) is 61.5 Å². The van der Waals surface area contributed by atoms with Crippen LogP contribution in [0.5, 0.6) is 5.75 Å². The van der Waals surface area contributed by atoms with Gasteiger partial charge >= 0.3 is 0 Å². The highest BCUT2D eigenvalue weighted by molar-refractivity contribution is 5.97. The molecule has 0 aliphatic rings. The standard InChI is InChI=1S/C33H43NO2.ClH/c1-5-7-21-34(22-8-6-2)23-24-36-32-20-19-28(25-27(32)3)31(35)26-33(4,29-15-11-9-12-16-29)30-17-13-10-14-18-30;/h9-20,25H,5-8,21-24,26H2,1-4H3;1H. The Balaban J connectivity index is 0.00000481. The van der Waals surface area contributed by atoms with Crippen LogP contribution in [0.2, 0.25) is 0 Å². The number of carbonyl (C=O) groups excluding carboxylic acids is 1. The number of hydrogen-bond donors (Lipinski definition) is 0. The van der Waals surface area contributed by atoms with Gasteiger partial charge in [-0.2, -0.15) is 0 Å². The molecule has 0 aliphatic heterocycles. The first-order valence-corrected chi connectivity index (χ1v) is 13.6. The van der Waals surface area contributed by atoms with E-state index in [1.165, 1.54) is 25.7 Å². The molecule has 3 aromatic carbocycles. The molecule has 0 radical (unpaired) electrons. The van der Waals surface area contributed by atoms with Crippen LogP contribution < -0.4 is 4.74 Å². The summed E-state index contributed by atoms with van der Waals surface area (Å²) in [4.78, 5) is 16.0. The fourth-order valence-corrected chi connectivity index (χ4v) is 4.77. The number of aryl methyl sites for hydroxylation is 1. The number of ether oxygens (including phenoxy) is 1. The van der Waals surface area contributed by atoms with Gasteiger partial charge in [-0.05, 0) is 67.7 Å². The monoisotopic (exact) mass is 521 g/mol. The van der Waals surface area contributed by atoms with Crippen molar-refractivity contribution in [1.82, 2.24) is 4.90 Å².